The van der Waals surface area contributed by atoms with E-state index >= 15 is 0 Å². The van der Waals surface area contributed by atoms with Crippen LogP contribution in [0.3, 0.4) is 0 Å². The molecule has 1 heterocycles. The fourth-order valence-electron chi connectivity index (χ4n) is 1.61. The SMILES string of the molecule is COc1cccc2cc(C(F)(F)F)[nH]c(=O)c12. The summed E-state index contributed by atoms with van der Waals surface area (Å²) >= 11 is 0. The van der Waals surface area contributed by atoms with Crippen LogP contribution in [0.4, 0.5) is 13.2 Å². The number of rotatable bonds is 1. The molecule has 0 atom stereocenters. The monoisotopic (exact) mass is 243 g/mol. The highest BCUT2D eigenvalue weighted by molar-refractivity contribution is 5.87. The molecule has 1 N–H and O–H groups in total. The number of H-pyrrole nitrogens is 1. The lowest BCUT2D eigenvalue weighted by Crippen LogP contribution is -2.16. The zero-order chi connectivity index (χ0) is 12.6. The van der Waals surface area contributed by atoms with Gasteiger partial charge in [-0.3, -0.25) is 4.79 Å². The standard InChI is InChI=1S/C11H8F3NO2/c1-17-7-4-2-3-6-5-8(11(12,13)14)15-10(16)9(6)7/h2-5H,1H3,(H,15,16). The Bertz CT molecular complexity index is 616. The molecule has 0 fully saturated rings. The Hall–Kier alpha value is -1.98. The molecular weight excluding hydrogens is 235 g/mol. The molecule has 0 aliphatic heterocycles. The Labute approximate surface area is 93.8 Å². The molecule has 1 aromatic carbocycles. The van der Waals surface area contributed by atoms with Gasteiger partial charge in [0.25, 0.3) is 5.56 Å². The van der Waals surface area contributed by atoms with E-state index in [-0.39, 0.29) is 16.5 Å². The highest BCUT2D eigenvalue weighted by Crippen LogP contribution is 2.30. The predicted octanol–water partition coefficient (Wildman–Crippen LogP) is 2.56. The number of pyridine rings is 1. The van der Waals surface area contributed by atoms with Crippen molar-refractivity contribution < 1.29 is 17.9 Å². The minimum absolute atomic E-state index is 0.114. The van der Waals surface area contributed by atoms with E-state index in [1.807, 2.05) is 0 Å². The molecule has 0 unspecified atom stereocenters. The molecule has 90 valence electrons. The van der Waals surface area contributed by atoms with Gasteiger partial charge in [0.05, 0.1) is 12.5 Å². The normalized spacial score (nSPS) is 11.8. The van der Waals surface area contributed by atoms with Crippen LogP contribution in [-0.2, 0) is 6.18 Å². The molecule has 0 saturated carbocycles. The van der Waals surface area contributed by atoms with Crippen LogP contribution >= 0.6 is 0 Å². The summed E-state index contributed by atoms with van der Waals surface area (Å²) in [7, 11) is 1.35. The zero-order valence-corrected chi connectivity index (χ0v) is 8.76. The van der Waals surface area contributed by atoms with Gasteiger partial charge in [-0.2, -0.15) is 13.2 Å². The quantitative estimate of drug-likeness (QED) is 0.836. The molecule has 1 aromatic heterocycles. The molecule has 0 bridgehead atoms. The van der Waals surface area contributed by atoms with Crippen molar-refractivity contribution in [3.8, 4) is 5.75 Å². The Morgan fingerprint density at radius 2 is 2.00 bits per heavy atom. The number of ether oxygens (including phenoxy) is 1. The van der Waals surface area contributed by atoms with Crippen molar-refractivity contribution in [2.24, 2.45) is 0 Å². The van der Waals surface area contributed by atoms with Gasteiger partial charge in [0.1, 0.15) is 11.4 Å². The molecule has 2 aromatic rings. The van der Waals surface area contributed by atoms with Gasteiger partial charge in [0.15, 0.2) is 0 Å². The maximum atomic E-state index is 12.5. The second-order valence-electron chi connectivity index (χ2n) is 3.43. The van der Waals surface area contributed by atoms with Crippen LogP contribution in [0.25, 0.3) is 10.8 Å². The third kappa shape index (κ3) is 1.98. The van der Waals surface area contributed by atoms with Crippen molar-refractivity contribution in [3.05, 3.63) is 40.3 Å². The lowest BCUT2D eigenvalue weighted by Gasteiger charge is -2.09. The Morgan fingerprint density at radius 3 is 2.59 bits per heavy atom. The number of nitrogens with one attached hydrogen (secondary N) is 1. The van der Waals surface area contributed by atoms with Crippen LogP contribution < -0.4 is 10.3 Å². The molecule has 0 amide bonds. The van der Waals surface area contributed by atoms with Crippen LogP contribution in [0.5, 0.6) is 5.75 Å². The maximum absolute atomic E-state index is 12.5. The molecule has 6 heteroatoms. The molecule has 3 nitrogen and oxygen atoms in total. The zero-order valence-electron chi connectivity index (χ0n) is 8.76. The molecule has 0 aliphatic rings. The number of hydrogen-bond acceptors (Lipinski definition) is 2. The number of halogens is 3. The summed E-state index contributed by atoms with van der Waals surface area (Å²) in [6, 6.07) is 5.37. The number of methoxy groups -OCH3 is 1. The average molecular weight is 243 g/mol. The summed E-state index contributed by atoms with van der Waals surface area (Å²) in [4.78, 5) is 13.4. The lowest BCUT2D eigenvalue weighted by atomic mass is 10.1. The number of fused-ring (bicyclic) bond motifs is 1. The van der Waals surface area contributed by atoms with Gasteiger partial charge in [-0.1, -0.05) is 12.1 Å². The third-order valence-electron chi connectivity index (χ3n) is 2.36. The van der Waals surface area contributed by atoms with Gasteiger partial charge in [-0.25, -0.2) is 0 Å². The van der Waals surface area contributed by atoms with Crippen molar-refractivity contribution in [3.63, 3.8) is 0 Å². The fraction of sp³-hybridized carbons (Fsp3) is 0.182. The van der Waals surface area contributed by atoms with E-state index in [4.69, 9.17) is 4.74 Å². The molecule has 2 rings (SSSR count). The number of aromatic amines is 1. The molecule has 0 spiro atoms. The molecule has 17 heavy (non-hydrogen) atoms. The summed E-state index contributed by atoms with van der Waals surface area (Å²) in [5.74, 6) is 0.248. The van der Waals surface area contributed by atoms with Crippen LogP contribution in [0.1, 0.15) is 5.69 Å². The minimum atomic E-state index is -4.57. The van der Waals surface area contributed by atoms with Gasteiger partial charge < -0.3 is 9.72 Å². The van der Waals surface area contributed by atoms with Gasteiger partial charge in [-0.15, -0.1) is 0 Å². The van der Waals surface area contributed by atoms with Crippen LogP contribution in [0, 0.1) is 0 Å². The molecule has 0 aliphatic carbocycles. The van der Waals surface area contributed by atoms with E-state index in [9.17, 15) is 18.0 Å². The van der Waals surface area contributed by atoms with Gasteiger partial charge in [0, 0.05) is 0 Å². The van der Waals surface area contributed by atoms with E-state index in [0.29, 0.717) is 0 Å². The second kappa shape index (κ2) is 3.80. The van der Waals surface area contributed by atoms with E-state index in [1.165, 1.54) is 25.3 Å². The van der Waals surface area contributed by atoms with Gasteiger partial charge in [0.2, 0.25) is 0 Å². The Balaban J connectivity index is 2.81. The van der Waals surface area contributed by atoms with Gasteiger partial charge >= 0.3 is 6.18 Å². The first kappa shape index (κ1) is 11.5. The first-order valence-electron chi connectivity index (χ1n) is 4.70. The van der Waals surface area contributed by atoms with E-state index < -0.39 is 17.4 Å². The minimum Gasteiger partial charge on any atom is -0.496 e. The van der Waals surface area contributed by atoms with Crippen molar-refractivity contribution in [2.45, 2.75) is 6.18 Å². The van der Waals surface area contributed by atoms with E-state index in [1.54, 1.807) is 4.98 Å². The molecule has 0 radical (unpaired) electrons. The van der Waals surface area contributed by atoms with Crippen LogP contribution in [-0.4, -0.2) is 12.1 Å². The third-order valence-corrected chi connectivity index (χ3v) is 2.36. The maximum Gasteiger partial charge on any atom is 0.431 e. The number of aromatic nitrogens is 1. The summed E-state index contributed by atoms with van der Waals surface area (Å²) in [6.07, 6.45) is -4.57. The largest absolute Gasteiger partial charge is 0.496 e. The summed E-state index contributed by atoms with van der Waals surface area (Å²) in [5, 5.41) is 0.309. The first-order valence-corrected chi connectivity index (χ1v) is 4.70. The second-order valence-corrected chi connectivity index (χ2v) is 3.43. The smallest absolute Gasteiger partial charge is 0.431 e. The number of alkyl halides is 3. The van der Waals surface area contributed by atoms with Crippen molar-refractivity contribution in [2.75, 3.05) is 7.11 Å². The fourth-order valence-corrected chi connectivity index (χ4v) is 1.61. The predicted molar refractivity (Wildman–Crippen MR) is 56.1 cm³/mol. The highest BCUT2D eigenvalue weighted by atomic mass is 19.4. The van der Waals surface area contributed by atoms with Crippen LogP contribution in [0.15, 0.2) is 29.1 Å². The van der Waals surface area contributed by atoms with Crippen molar-refractivity contribution >= 4 is 10.8 Å². The molecule has 0 saturated heterocycles. The first-order chi connectivity index (χ1) is 7.93. The Kier molecular flexibility index (Phi) is 2.57. The highest BCUT2D eigenvalue weighted by Gasteiger charge is 2.32. The van der Waals surface area contributed by atoms with Crippen molar-refractivity contribution in [1.29, 1.82) is 0 Å². The van der Waals surface area contributed by atoms with Crippen molar-refractivity contribution in [1.82, 2.24) is 4.98 Å². The lowest BCUT2D eigenvalue weighted by molar-refractivity contribution is -0.141. The summed E-state index contributed by atoms with van der Waals surface area (Å²) in [6.45, 7) is 0. The van der Waals surface area contributed by atoms with E-state index in [0.717, 1.165) is 6.07 Å². The summed E-state index contributed by atoms with van der Waals surface area (Å²) < 4.78 is 42.4. The number of benzene rings is 1. The topological polar surface area (TPSA) is 42.1 Å². The van der Waals surface area contributed by atoms with Crippen LogP contribution in [0.2, 0.25) is 0 Å². The van der Waals surface area contributed by atoms with E-state index in [2.05, 4.69) is 0 Å². The Morgan fingerprint density at radius 1 is 1.29 bits per heavy atom. The summed E-state index contributed by atoms with van der Waals surface area (Å²) in [5.41, 5.74) is -1.88. The average Bonchev–Trinajstić information content (AvgIpc) is 2.26. The molecular formula is C11H8F3NO2. The number of hydrogen-bond donors (Lipinski definition) is 1. The van der Waals surface area contributed by atoms with Gasteiger partial charge in [-0.05, 0) is 17.5 Å².